The Labute approximate surface area is 192 Å². The maximum absolute atomic E-state index is 13.4. The molecule has 1 aromatic rings. The van der Waals surface area contributed by atoms with Crippen LogP contribution in [0.1, 0.15) is 32.1 Å². The van der Waals surface area contributed by atoms with Crippen molar-refractivity contribution >= 4 is 23.4 Å². The highest BCUT2D eigenvalue weighted by Gasteiger charge is 2.72. The van der Waals surface area contributed by atoms with Crippen LogP contribution in [-0.2, 0) is 14.3 Å². The molecule has 4 aliphatic rings. The lowest BCUT2D eigenvalue weighted by atomic mass is 9.39. The third-order valence-corrected chi connectivity index (χ3v) is 6.64. The molecule has 2 amide bonds. The fourth-order valence-corrected chi connectivity index (χ4v) is 4.96. The van der Waals surface area contributed by atoms with Gasteiger partial charge in [0.25, 0.3) is 5.91 Å². The van der Waals surface area contributed by atoms with Crippen molar-refractivity contribution in [2.45, 2.75) is 56.1 Å². The number of hydrogen-bond donors (Lipinski definition) is 3. The minimum absolute atomic E-state index is 0.0390. The number of hydrogen-bond acceptors (Lipinski definition) is 5. The van der Waals surface area contributed by atoms with E-state index in [1.54, 1.807) is 0 Å². The van der Waals surface area contributed by atoms with Gasteiger partial charge in [-0.25, -0.2) is 4.39 Å². The van der Waals surface area contributed by atoms with Crippen LogP contribution in [0.5, 0.6) is 5.75 Å². The van der Waals surface area contributed by atoms with Gasteiger partial charge in [0, 0.05) is 24.2 Å². The van der Waals surface area contributed by atoms with Crippen LogP contribution < -0.4 is 20.7 Å². The summed E-state index contributed by atoms with van der Waals surface area (Å²) in [7, 11) is 0. The van der Waals surface area contributed by atoms with Crippen molar-refractivity contribution in [3.63, 3.8) is 0 Å². The Morgan fingerprint density at radius 1 is 1.21 bits per heavy atom. The van der Waals surface area contributed by atoms with Gasteiger partial charge in [-0.1, -0.05) is 11.6 Å². The molecule has 1 aliphatic heterocycles. The highest BCUT2D eigenvalue weighted by molar-refractivity contribution is 6.30. The summed E-state index contributed by atoms with van der Waals surface area (Å²) in [6.45, 7) is -1.26. The van der Waals surface area contributed by atoms with Gasteiger partial charge in [0.05, 0.1) is 10.4 Å². The van der Waals surface area contributed by atoms with Crippen molar-refractivity contribution in [3.8, 4) is 5.75 Å². The number of carbonyl (C=O) groups is 2. The van der Waals surface area contributed by atoms with Crippen LogP contribution in [0.4, 0.5) is 17.6 Å². The monoisotopic (exact) mass is 493 g/mol. The van der Waals surface area contributed by atoms with Gasteiger partial charge in [0.2, 0.25) is 5.91 Å². The number of carbonyl (C=O) groups excluding carboxylic acids is 2. The molecule has 3 aliphatic carbocycles. The third-order valence-electron chi connectivity index (χ3n) is 6.33. The lowest BCUT2D eigenvalue weighted by molar-refractivity contribution is -0.192. The second-order valence-electron chi connectivity index (χ2n) is 9.07. The van der Waals surface area contributed by atoms with E-state index in [9.17, 15) is 27.2 Å². The standard InChI is InChI=1S/C21H24ClF4N3O4/c22-14-3-2-13(5-15(14)23)32-7-16(30)29-20-8-19(9-20,10-20)18(31)28-12-1-4-17(27-6-12)33-11-21(24,25)26/h2-3,5,12,17,27H,1,4,6-11H2,(H,28,31)(H,29,30). The first-order chi connectivity index (χ1) is 15.5. The van der Waals surface area contributed by atoms with Crippen molar-refractivity contribution in [3.05, 3.63) is 29.0 Å². The number of nitrogens with one attached hydrogen (secondary N) is 3. The molecule has 1 saturated heterocycles. The van der Waals surface area contributed by atoms with Crippen LogP contribution in [0.15, 0.2) is 18.2 Å². The first kappa shape index (κ1) is 24.0. The maximum Gasteiger partial charge on any atom is 0.411 e. The van der Waals surface area contributed by atoms with Crippen LogP contribution in [0, 0.1) is 11.2 Å². The molecule has 4 fully saturated rings. The lowest BCUT2D eigenvalue weighted by Gasteiger charge is -2.69. The fourth-order valence-electron chi connectivity index (χ4n) is 4.84. The van der Waals surface area contributed by atoms with Gasteiger partial charge >= 0.3 is 6.18 Å². The van der Waals surface area contributed by atoms with E-state index in [0.717, 1.165) is 6.07 Å². The second kappa shape index (κ2) is 8.92. The number of rotatable bonds is 8. The minimum atomic E-state index is -4.37. The molecule has 2 unspecified atom stereocenters. The van der Waals surface area contributed by atoms with Crippen molar-refractivity contribution in [1.29, 1.82) is 0 Å². The average Bonchev–Trinajstić information content (AvgIpc) is 2.69. The van der Waals surface area contributed by atoms with E-state index in [1.807, 2.05) is 0 Å². The summed E-state index contributed by atoms with van der Waals surface area (Å²) < 4.78 is 60.2. The van der Waals surface area contributed by atoms with Crippen LogP contribution in [0.3, 0.4) is 0 Å². The normalized spacial score (nSPS) is 30.6. The predicted octanol–water partition coefficient (Wildman–Crippen LogP) is 2.67. The molecule has 1 aromatic carbocycles. The summed E-state index contributed by atoms with van der Waals surface area (Å²) in [4.78, 5) is 24.9. The zero-order chi connectivity index (χ0) is 23.9. The fraction of sp³-hybridized carbons (Fsp3) is 0.619. The summed E-state index contributed by atoms with van der Waals surface area (Å²) in [5, 5.41) is 8.68. The summed E-state index contributed by atoms with van der Waals surface area (Å²) >= 11 is 5.61. The van der Waals surface area contributed by atoms with Gasteiger partial charge in [-0.2, -0.15) is 13.2 Å². The number of ether oxygens (including phenoxy) is 2. The van der Waals surface area contributed by atoms with Gasteiger partial charge in [0.15, 0.2) is 6.61 Å². The highest BCUT2D eigenvalue weighted by Crippen LogP contribution is 2.67. The topological polar surface area (TPSA) is 88.7 Å². The number of alkyl halides is 3. The largest absolute Gasteiger partial charge is 0.484 e. The molecule has 7 nitrogen and oxygen atoms in total. The number of benzene rings is 1. The van der Waals surface area contributed by atoms with E-state index in [1.165, 1.54) is 12.1 Å². The number of halogens is 5. The summed E-state index contributed by atoms with van der Waals surface area (Å²) in [6, 6.07) is 3.71. The van der Waals surface area contributed by atoms with Crippen LogP contribution >= 0.6 is 11.6 Å². The summed E-state index contributed by atoms with van der Waals surface area (Å²) in [6.07, 6.45) is -2.62. The molecule has 1 heterocycles. The molecule has 0 radical (unpaired) electrons. The van der Waals surface area contributed by atoms with Crippen molar-refractivity contribution in [2.75, 3.05) is 19.8 Å². The summed E-state index contributed by atoms with van der Waals surface area (Å²) in [5.41, 5.74) is -0.943. The zero-order valence-electron chi connectivity index (χ0n) is 17.6. The Kier molecular flexibility index (Phi) is 6.49. The number of piperidine rings is 1. The van der Waals surface area contributed by atoms with Crippen LogP contribution in [0.2, 0.25) is 5.02 Å². The van der Waals surface area contributed by atoms with E-state index in [-0.39, 0.29) is 35.2 Å². The lowest BCUT2D eigenvalue weighted by Crippen LogP contribution is -2.79. The zero-order valence-corrected chi connectivity index (χ0v) is 18.3. The molecule has 182 valence electrons. The minimum Gasteiger partial charge on any atom is -0.484 e. The Balaban J connectivity index is 1.15. The molecule has 3 saturated carbocycles. The molecule has 33 heavy (non-hydrogen) atoms. The van der Waals surface area contributed by atoms with Gasteiger partial charge < -0.3 is 20.1 Å². The van der Waals surface area contributed by atoms with Gasteiger partial charge in [0.1, 0.15) is 24.4 Å². The molecular weight excluding hydrogens is 470 g/mol. The van der Waals surface area contributed by atoms with Crippen LogP contribution in [0.25, 0.3) is 0 Å². The molecule has 2 atom stereocenters. The Morgan fingerprint density at radius 2 is 1.94 bits per heavy atom. The van der Waals surface area contributed by atoms with Crippen molar-refractivity contribution < 1.29 is 36.6 Å². The average molecular weight is 494 g/mol. The second-order valence-corrected chi connectivity index (χ2v) is 9.48. The predicted molar refractivity (Wildman–Crippen MR) is 109 cm³/mol. The Bertz CT molecular complexity index is 901. The van der Waals surface area contributed by atoms with E-state index in [0.29, 0.717) is 38.6 Å². The van der Waals surface area contributed by atoms with Gasteiger partial charge in [-0.05, 0) is 44.2 Å². The molecule has 0 aromatic heterocycles. The molecule has 12 heteroatoms. The van der Waals surface area contributed by atoms with E-state index >= 15 is 0 Å². The molecule has 0 spiro atoms. The van der Waals surface area contributed by atoms with E-state index < -0.39 is 35.8 Å². The van der Waals surface area contributed by atoms with Crippen LogP contribution in [-0.4, -0.2) is 55.6 Å². The van der Waals surface area contributed by atoms with Gasteiger partial charge in [-0.3, -0.25) is 14.9 Å². The first-order valence-corrected chi connectivity index (χ1v) is 11.0. The first-order valence-electron chi connectivity index (χ1n) is 10.6. The van der Waals surface area contributed by atoms with E-state index in [4.69, 9.17) is 21.1 Å². The van der Waals surface area contributed by atoms with Crippen molar-refractivity contribution in [2.24, 2.45) is 5.41 Å². The van der Waals surface area contributed by atoms with E-state index in [2.05, 4.69) is 16.0 Å². The molecule has 3 N–H and O–H groups in total. The number of amides is 2. The van der Waals surface area contributed by atoms with Gasteiger partial charge in [-0.15, -0.1) is 0 Å². The quantitative estimate of drug-likeness (QED) is 0.485. The molecule has 5 rings (SSSR count). The third kappa shape index (κ3) is 5.52. The smallest absolute Gasteiger partial charge is 0.411 e. The maximum atomic E-state index is 13.4. The molecule has 2 bridgehead atoms. The highest BCUT2D eigenvalue weighted by atomic mass is 35.5. The summed E-state index contributed by atoms with van der Waals surface area (Å²) in [5.74, 6) is -0.916. The SMILES string of the molecule is O=C(COc1ccc(Cl)c(F)c1)NC12CC(C(=O)NC3CCC(OCC(F)(F)F)NC3)(C1)C2. The Morgan fingerprint density at radius 3 is 2.55 bits per heavy atom. The Hall–Kier alpha value is -2.11. The van der Waals surface area contributed by atoms with Crippen molar-refractivity contribution in [1.82, 2.24) is 16.0 Å². The molecular formula is C21H24ClF4N3O4.